The van der Waals surface area contributed by atoms with E-state index in [1.165, 1.54) is 6.20 Å². The van der Waals surface area contributed by atoms with Crippen molar-refractivity contribution in [1.29, 1.82) is 0 Å². The van der Waals surface area contributed by atoms with Crippen molar-refractivity contribution in [2.75, 3.05) is 6.54 Å². The molecule has 128 valence electrons. The second-order valence-corrected chi connectivity index (χ2v) is 7.66. The first-order chi connectivity index (χ1) is 10.4. The molecule has 23 heavy (non-hydrogen) atoms. The van der Waals surface area contributed by atoms with E-state index in [2.05, 4.69) is 27.0 Å². The van der Waals surface area contributed by atoms with Crippen molar-refractivity contribution < 1.29 is 8.42 Å². The van der Waals surface area contributed by atoms with E-state index in [4.69, 9.17) is 0 Å². The molecule has 1 saturated heterocycles. The van der Waals surface area contributed by atoms with E-state index in [-0.39, 0.29) is 23.3 Å². The largest absolute Gasteiger partial charge is 0.314 e. The van der Waals surface area contributed by atoms with Crippen LogP contribution in [-0.4, -0.2) is 41.8 Å². The molecule has 2 aromatic heterocycles. The van der Waals surface area contributed by atoms with E-state index < -0.39 is 10.0 Å². The lowest BCUT2D eigenvalue weighted by atomic mass is 10.0. The van der Waals surface area contributed by atoms with Crippen LogP contribution < -0.4 is 10.0 Å². The normalized spacial score (nSPS) is 22.0. The zero-order chi connectivity index (χ0) is 15.9. The van der Waals surface area contributed by atoms with E-state index in [1.807, 2.05) is 6.92 Å². The molecule has 9 heteroatoms. The first-order valence-corrected chi connectivity index (χ1v) is 8.90. The first-order valence-electron chi connectivity index (χ1n) is 7.42. The summed E-state index contributed by atoms with van der Waals surface area (Å²) in [4.78, 5) is 4.44. The molecule has 1 fully saturated rings. The molecule has 7 nitrogen and oxygen atoms in total. The minimum Gasteiger partial charge on any atom is -0.314 e. The second kappa shape index (κ2) is 6.72. The van der Waals surface area contributed by atoms with E-state index in [1.54, 1.807) is 17.8 Å². The molecule has 2 atom stereocenters. The number of nitrogens with one attached hydrogen (secondary N) is 2. The summed E-state index contributed by atoms with van der Waals surface area (Å²) in [5.41, 5.74) is 1.46. The predicted molar refractivity (Wildman–Crippen MR) is 91.3 cm³/mol. The number of sulfonamides is 1. The molecule has 3 heterocycles. The summed E-state index contributed by atoms with van der Waals surface area (Å²) in [6, 6.07) is 1.94. The fourth-order valence-electron chi connectivity index (χ4n) is 2.96. The summed E-state index contributed by atoms with van der Waals surface area (Å²) in [7, 11) is -1.76. The smallest absolute Gasteiger partial charge is 0.242 e. The molecule has 0 aromatic carbocycles. The number of rotatable bonds is 3. The minimum atomic E-state index is -3.56. The molecule has 2 unspecified atom stereocenters. The summed E-state index contributed by atoms with van der Waals surface area (Å²) in [6.45, 7) is 4.74. The SMILES string of the molecule is Cc1nn(C)c2ncc(S(=O)(=O)NC3CCNC(C)C3)cc12.Cl. The fourth-order valence-corrected chi connectivity index (χ4v) is 4.22. The molecule has 1 aliphatic rings. The topological polar surface area (TPSA) is 88.9 Å². The summed E-state index contributed by atoms with van der Waals surface area (Å²) >= 11 is 0. The van der Waals surface area contributed by atoms with Crippen LogP contribution in [0.5, 0.6) is 0 Å². The van der Waals surface area contributed by atoms with Crippen molar-refractivity contribution >= 4 is 33.5 Å². The van der Waals surface area contributed by atoms with Gasteiger partial charge in [-0.25, -0.2) is 18.1 Å². The molecule has 1 aliphatic heterocycles. The summed E-state index contributed by atoms with van der Waals surface area (Å²) < 4.78 is 29.6. The van der Waals surface area contributed by atoms with Crippen molar-refractivity contribution in [3.63, 3.8) is 0 Å². The van der Waals surface area contributed by atoms with Gasteiger partial charge in [0.15, 0.2) is 5.65 Å². The molecule has 3 rings (SSSR count). The molecule has 0 amide bonds. The number of fused-ring (bicyclic) bond motifs is 1. The zero-order valence-corrected chi connectivity index (χ0v) is 15.0. The van der Waals surface area contributed by atoms with Crippen LogP contribution in [0.15, 0.2) is 17.2 Å². The van der Waals surface area contributed by atoms with E-state index in [0.717, 1.165) is 30.5 Å². The number of halogens is 1. The van der Waals surface area contributed by atoms with Gasteiger partial charge in [-0.05, 0) is 39.3 Å². The third-order valence-corrected chi connectivity index (χ3v) is 5.58. The van der Waals surface area contributed by atoms with Crippen LogP contribution in [0, 0.1) is 6.92 Å². The number of nitrogens with zero attached hydrogens (tertiary/aromatic N) is 3. The number of pyridine rings is 1. The Balaban J connectivity index is 0.00000192. The van der Waals surface area contributed by atoms with Gasteiger partial charge in [0.1, 0.15) is 4.90 Å². The van der Waals surface area contributed by atoms with Crippen molar-refractivity contribution in [3.8, 4) is 0 Å². The summed E-state index contributed by atoms with van der Waals surface area (Å²) in [5, 5.41) is 8.35. The van der Waals surface area contributed by atoms with E-state index in [0.29, 0.717) is 11.7 Å². The van der Waals surface area contributed by atoms with E-state index >= 15 is 0 Å². The molecule has 0 bridgehead atoms. The lowest BCUT2D eigenvalue weighted by Gasteiger charge is -2.28. The van der Waals surface area contributed by atoms with Crippen molar-refractivity contribution in [2.24, 2.45) is 7.05 Å². The number of hydrogen-bond donors (Lipinski definition) is 2. The lowest BCUT2D eigenvalue weighted by Crippen LogP contribution is -2.46. The fraction of sp³-hybridized carbons (Fsp3) is 0.571. The highest BCUT2D eigenvalue weighted by Gasteiger charge is 2.25. The Labute approximate surface area is 142 Å². The number of aromatic nitrogens is 3. The Bertz CT molecular complexity index is 805. The summed E-state index contributed by atoms with van der Waals surface area (Å²) in [5.74, 6) is 0. The number of piperidine rings is 1. The van der Waals surface area contributed by atoms with Crippen LogP contribution in [0.2, 0.25) is 0 Å². The summed E-state index contributed by atoms with van der Waals surface area (Å²) in [6.07, 6.45) is 2.99. The van der Waals surface area contributed by atoms with Crippen molar-refractivity contribution in [2.45, 2.75) is 43.7 Å². The van der Waals surface area contributed by atoms with Gasteiger partial charge in [-0.3, -0.25) is 4.68 Å². The van der Waals surface area contributed by atoms with Gasteiger partial charge in [0.2, 0.25) is 10.0 Å². The van der Waals surface area contributed by atoms with Crippen LogP contribution in [0.4, 0.5) is 0 Å². The third kappa shape index (κ3) is 3.65. The number of hydrogen-bond acceptors (Lipinski definition) is 5. The molecule has 0 saturated carbocycles. The number of aryl methyl sites for hydroxylation is 2. The second-order valence-electron chi connectivity index (χ2n) is 5.95. The highest BCUT2D eigenvalue weighted by atomic mass is 35.5. The van der Waals surface area contributed by atoms with Gasteiger partial charge in [0, 0.05) is 30.7 Å². The van der Waals surface area contributed by atoms with Gasteiger partial charge >= 0.3 is 0 Å². The minimum absolute atomic E-state index is 0. The van der Waals surface area contributed by atoms with Crippen LogP contribution >= 0.6 is 12.4 Å². The van der Waals surface area contributed by atoms with Crippen LogP contribution in [0.1, 0.15) is 25.5 Å². The van der Waals surface area contributed by atoms with Crippen LogP contribution in [0.25, 0.3) is 11.0 Å². The molecule has 0 aliphatic carbocycles. The molecule has 2 aromatic rings. The lowest BCUT2D eigenvalue weighted by molar-refractivity contribution is 0.361. The molecular formula is C14H22ClN5O2S. The molecule has 2 N–H and O–H groups in total. The van der Waals surface area contributed by atoms with Crippen LogP contribution in [-0.2, 0) is 17.1 Å². The van der Waals surface area contributed by atoms with Gasteiger partial charge < -0.3 is 5.32 Å². The maximum Gasteiger partial charge on any atom is 0.242 e. The third-order valence-electron chi connectivity index (χ3n) is 4.09. The van der Waals surface area contributed by atoms with Gasteiger partial charge in [0.05, 0.1) is 5.69 Å². The molecule has 0 radical (unpaired) electrons. The monoisotopic (exact) mass is 359 g/mol. The average Bonchev–Trinajstić information content (AvgIpc) is 2.73. The van der Waals surface area contributed by atoms with Gasteiger partial charge in [-0.1, -0.05) is 0 Å². The average molecular weight is 360 g/mol. The van der Waals surface area contributed by atoms with Gasteiger partial charge in [-0.15, -0.1) is 12.4 Å². The van der Waals surface area contributed by atoms with Crippen molar-refractivity contribution in [1.82, 2.24) is 24.8 Å². The Morgan fingerprint density at radius 1 is 1.43 bits per heavy atom. The highest BCUT2D eigenvalue weighted by molar-refractivity contribution is 7.89. The molecule has 0 spiro atoms. The maximum atomic E-state index is 12.6. The maximum absolute atomic E-state index is 12.6. The Kier molecular flexibility index (Phi) is 5.30. The standard InChI is InChI=1S/C14H21N5O2S.ClH/c1-9-6-11(4-5-15-9)18-22(20,21)12-7-13-10(2)17-19(3)14(13)16-8-12;/h7-9,11,15,18H,4-6H2,1-3H3;1H. The highest BCUT2D eigenvalue weighted by Crippen LogP contribution is 2.20. The van der Waals surface area contributed by atoms with Crippen molar-refractivity contribution in [3.05, 3.63) is 18.0 Å². The predicted octanol–water partition coefficient (Wildman–Crippen LogP) is 1.12. The Morgan fingerprint density at radius 3 is 2.87 bits per heavy atom. The van der Waals surface area contributed by atoms with E-state index in [9.17, 15) is 8.42 Å². The van der Waals surface area contributed by atoms with Gasteiger partial charge in [0.25, 0.3) is 0 Å². The quantitative estimate of drug-likeness (QED) is 0.857. The Hall–Kier alpha value is -1.22. The molecular weight excluding hydrogens is 338 g/mol. The Morgan fingerprint density at radius 2 is 2.17 bits per heavy atom. The van der Waals surface area contributed by atoms with Crippen LogP contribution in [0.3, 0.4) is 0 Å². The van der Waals surface area contributed by atoms with Gasteiger partial charge in [-0.2, -0.15) is 5.10 Å². The zero-order valence-electron chi connectivity index (χ0n) is 13.4. The first kappa shape index (κ1) is 18.1.